The number of para-hydroxylation sites is 2. The van der Waals surface area contributed by atoms with Crippen molar-refractivity contribution in [1.82, 2.24) is 9.55 Å². The molecular formula is C21H21N3. The molecule has 24 heavy (non-hydrogen) atoms. The van der Waals surface area contributed by atoms with Gasteiger partial charge in [0, 0.05) is 19.5 Å². The molecule has 1 aromatic heterocycles. The van der Waals surface area contributed by atoms with Crippen molar-refractivity contribution in [3.05, 3.63) is 78.1 Å². The van der Waals surface area contributed by atoms with Crippen LogP contribution in [0.25, 0.3) is 21.8 Å². The van der Waals surface area contributed by atoms with Crippen molar-refractivity contribution in [1.29, 1.82) is 0 Å². The number of aromatic nitrogens is 2. The van der Waals surface area contributed by atoms with Crippen molar-refractivity contribution in [2.75, 3.05) is 6.54 Å². The second kappa shape index (κ2) is 6.10. The van der Waals surface area contributed by atoms with Crippen LogP contribution in [0.3, 0.4) is 0 Å². The van der Waals surface area contributed by atoms with E-state index < -0.39 is 0 Å². The first kappa shape index (κ1) is 14.9. The quantitative estimate of drug-likeness (QED) is 0.618. The third-order valence-electron chi connectivity index (χ3n) is 4.82. The zero-order chi connectivity index (χ0) is 16.5. The molecule has 0 bridgehead atoms. The molecule has 1 unspecified atom stereocenters. The highest BCUT2D eigenvalue weighted by atomic mass is 15.1. The highest BCUT2D eigenvalue weighted by molar-refractivity contribution is 5.85. The van der Waals surface area contributed by atoms with E-state index in [9.17, 15) is 0 Å². The van der Waals surface area contributed by atoms with Gasteiger partial charge in [-0.05, 0) is 34.9 Å². The van der Waals surface area contributed by atoms with Crippen LogP contribution in [-0.2, 0) is 13.5 Å². The number of imidazole rings is 1. The second-order valence-electron chi connectivity index (χ2n) is 6.29. The number of nitrogens with zero attached hydrogens (tertiary/aromatic N) is 2. The number of hydrogen-bond donors (Lipinski definition) is 1. The van der Waals surface area contributed by atoms with Gasteiger partial charge in [0.2, 0.25) is 0 Å². The fourth-order valence-corrected chi connectivity index (χ4v) is 3.55. The monoisotopic (exact) mass is 315 g/mol. The summed E-state index contributed by atoms with van der Waals surface area (Å²) in [5.74, 6) is 1.26. The van der Waals surface area contributed by atoms with Crippen molar-refractivity contribution < 1.29 is 0 Å². The SMILES string of the molecule is Cn1c(C(CN)Cc2cccc3ccccc23)nc2ccccc21. The Balaban J connectivity index is 1.77. The number of rotatable bonds is 4. The van der Waals surface area contributed by atoms with E-state index in [0.717, 1.165) is 23.3 Å². The van der Waals surface area contributed by atoms with Crippen LogP contribution < -0.4 is 5.73 Å². The fraction of sp³-hybridized carbons (Fsp3) is 0.190. The van der Waals surface area contributed by atoms with Crippen LogP contribution in [0, 0.1) is 0 Å². The van der Waals surface area contributed by atoms with Crippen molar-refractivity contribution in [3.8, 4) is 0 Å². The summed E-state index contributed by atoms with van der Waals surface area (Å²) in [4.78, 5) is 4.84. The summed E-state index contributed by atoms with van der Waals surface area (Å²) >= 11 is 0. The first-order chi connectivity index (χ1) is 11.8. The highest BCUT2D eigenvalue weighted by Gasteiger charge is 2.18. The minimum absolute atomic E-state index is 0.202. The minimum Gasteiger partial charge on any atom is -0.331 e. The van der Waals surface area contributed by atoms with Crippen molar-refractivity contribution in [2.24, 2.45) is 12.8 Å². The van der Waals surface area contributed by atoms with Gasteiger partial charge in [-0.1, -0.05) is 54.6 Å². The number of hydrogen-bond acceptors (Lipinski definition) is 2. The van der Waals surface area contributed by atoms with Gasteiger partial charge in [0.05, 0.1) is 11.0 Å². The number of fused-ring (bicyclic) bond motifs is 2. The molecule has 1 heterocycles. The predicted molar refractivity (Wildman–Crippen MR) is 100 cm³/mol. The van der Waals surface area contributed by atoms with Crippen molar-refractivity contribution in [2.45, 2.75) is 12.3 Å². The third-order valence-corrected chi connectivity index (χ3v) is 4.82. The second-order valence-corrected chi connectivity index (χ2v) is 6.29. The lowest BCUT2D eigenvalue weighted by molar-refractivity contribution is 0.624. The molecule has 4 aromatic rings. The number of aryl methyl sites for hydroxylation is 1. The van der Waals surface area contributed by atoms with Crippen LogP contribution in [-0.4, -0.2) is 16.1 Å². The molecule has 0 aliphatic carbocycles. The molecule has 0 fully saturated rings. The Bertz CT molecular complexity index is 995. The van der Waals surface area contributed by atoms with Gasteiger partial charge in [0.25, 0.3) is 0 Å². The summed E-state index contributed by atoms with van der Waals surface area (Å²) in [6.07, 6.45) is 0.898. The van der Waals surface area contributed by atoms with Crippen LogP contribution in [0.2, 0.25) is 0 Å². The van der Waals surface area contributed by atoms with E-state index in [-0.39, 0.29) is 5.92 Å². The van der Waals surface area contributed by atoms with Crippen molar-refractivity contribution >= 4 is 21.8 Å². The van der Waals surface area contributed by atoms with Gasteiger partial charge in [-0.3, -0.25) is 0 Å². The molecule has 3 heteroatoms. The first-order valence-corrected chi connectivity index (χ1v) is 8.36. The molecule has 2 N–H and O–H groups in total. The van der Waals surface area contributed by atoms with E-state index in [1.807, 2.05) is 6.07 Å². The van der Waals surface area contributed by atoms with Gasteiger partial charge in [0.15, 0.2) is 0 Å². The zero-order valence-corrected chi connectivity index (χ0v) is 13.8. The van der Waals surface area contributed by atoms with Gasteiger partial charge in [0.1, 0.15) is 5.82 Å². The summed E-state index contributed by atoms with van der Waals surface area (Å²) in [6, 6.07) is 23.3. The lowest BCUT2D eigenvalue weighted by Crippen LogP contribution is -2.18. The van der Waals surface area contributed by atoms with Gasteiger partial charge < -0.3 is 10.3 Å². The third kappa shape index (κ3) is 2.47. The van der Waals surface area contributed by atoms with Gasteiger partial charge in [-0.25, -0.2) is 4.98 Å². The summed E-state index contributed by atoms with van der Waals surface area (Å²) < 4.78 is 2.18. The number of benzene rings is 3. The molecule has 3 nitrogen and oxygen atoms in total. The summed E-state index contributed by atoms with van der Waals surface area (Å²) in [5, 5.41) is 2.58. The minimum atomic E-state index is 0.202. The molecule has 0 saturated carbocycles. The average molecular weight is 315 g/mol. The first-order valence-electron chi connectivity index (χ1n) is 8.36. The van der Waals surface area contributed by atoms with Crippen LogP contribution in [0.15, 0.2) is 66.7 Å². The van der Waals surface area contributed by atoms with Crippen LogP contribution >= 0.6 is 0 Å². The smallest absolute Gasteiger partial charge is 0.114 e. The molecule has 0 radical (unpaired) electrons. The lowest BCUT2D eigenvalue weighted by atomic mass is 9.94. The molecule has 1 atom stereocenters. The summed E-state index contributed by atoms with van der Waals surface area (Å²) in [6.45, 7) is 0.584. The molecule has 0 aliphatic rings. The Morgan fingerprint density at radius 1 is 0.958 bits per heavy atom. The maximum Gasteiger partial charge on any atom is 0.114 e. The van der Waals surface area contributed by atoms with E-state index in [0.29, 0.717) is 6.54 Å². The normalized spacial score (nSPS) is 12.8. The predicted octanol–water partition coefficient (Wildman–Crippen LogP) is 4.01. The topological polar surface area (TPSA) is 43.8 Å². The Morgan fingerprint density at radius 2 is 1.71 bits per heavy atom. The fourth-order valence-electron chi connectivity index (χ4n) is 3.55. The largest absolute Gasteiger partial charge is 0.331 e. The molecule has 0 spiro atoms. The van der Waals surface area contributed by atoms with E-state index in [4.69, 9.17) is 10.7 Å². The Labute approximate surface area is 141 Å². The van der Waals surface area contributed by atoms with Gasteiger partial charge in [-0.2, -0.15) is 0 Å². The maximum atomic E-state index is 6.13. The molecule has 0 aliphatic heterocycles. The van der Waals surface area contributed by atoms with Crippen LogP contribution in [0.5, 0.6) is 0 Å². The lowest BCUT2D eigenvalue weighted by Gasteiger charge is -2.16. The average Bonchev–Trinajstić information content (AvgIpc) is 2.97. The molecular weight excluding hydrogens is 294 g/mol. The molecule has 0 saturated heterocycles. The van der Waals surface area contributed by atoms with Crippen LogP contribution in [0.1, 0.15) is 17.3 Å². The molecule has 0 amide bonds. The van der Waals surface area contributed by atoms with E-state index in [2.05, 4.69) is 72.3 Å². The molecule has 120 valence electrons. The Morgan fingerprint density at radius 3 is 2.54 bits per heavy atom. The van der Waals surface area contributed by atoms with Crippen molar-refractivity contribution in [3.63, 3.8) is 0 Å². The molecule has 4 rings (SSSR count). The van der Waals surface area contributed by atoms with E-state index >= 15 is 0 Å². The Kier molecular flexibility index (Phi) is 3.79. The zero-order valence-electron chi connectivity index (χ0n) is 13.8. The maximum absolute atomic E-state index is 6.13. The Hall–Kier alpha value is -2.65. The molecule has 3 aromatic carbocycles. The van der Waals surface area contributed by atoms with E-state index in [1.54, 1.807) is 0 Å². The van der Waals surface area contributed by atoms with E-state index in [1.165, 1.54) is 16.3 Å². The van der Waals surface area contributed by atoms with Gasteiger partial charge in [-0.15, -0.1) is 0 Å². The standard InChI is InChI=1S/C21H21N3/c1-24-20-12-5-4-11-19(20)23-21(24)17(14-22)13-16-9-6-8-15-7-2-3-10-18(15)16/h2-12,17H,13-14,22H2,1H3. The summed E-state index contributed by atoms with van der Waals surface area (Å²) in [5.41, 5.74) is 9.65. The number of nitrogens with two attached hydrogens (primary N) is 1. The highest BCUT2D eigenvalue weighted by Crippen LogP contribution is 2.27. The summed E-state index contributed by atoms with van der Waals surface area (Å²) in [7, 11) is 2.08. The van der Waals surface area contributed by atoms with Gasteiger partial charge >= 0.3 is 0 Å². The van der Waals surface area contributed by atoms with Crippen LogP contribution in [0.4, 0.5) is 0 Å².